The average molecular weight is 310 g/mol. The van der Waals surface area contributed by atoms with E-state index in [1.165, 1.54) is 12.8 Å². The van der Waals surface area contributed by atoms with Crippen LogP contribution in [0.3, 0.4) is 0 Å². The smallest absolute Gasteiger partial charge is 0.277 e. The fourth-order valence-corrected chi connectivity index (χ4v) is 4.35. The molecule has 3 rings (SSSR count). The maximum Gasteiger partial charge on any atom is 0.277 e. The van der Waals surface area contributed by atoms with Gasteiger partial charge in [0.05, 0.1) is 12.2 Å². The number of rotatable bonds is 5. The molecule has 1 aliphatic carbocycles. The van der Waals surface area contributed by atoms with Crippen molar-refractivity contribution < 1.29 is 13.2 Å². The minimum atomic E-state index is -3.49. The quantitative estimate of drug-likeness (QED) is 0.870. The molecule has 1 aliphatic heterocycles. The highest BCUT2D eigenvalue weighted by atomic mass is 32.2. The summed E-state index contributed by atoms with van der Waals surface area (Å²) in [5, 5.41) is 0. The Hall–Kier alpha value is -0.950. The Labute approximate surface area is 126 Å². The van der Waals surface area contributed by atoms with Gasteiger partial charge in [0, 0.05) is 12.6 Å². The van der Waals surface area contributed by atoms with Gasteiger partial charge in [-0.3, -0.25) is 0 Å². The van der Waals surface area contributed by atoms with Crippen LogP contribution in [0.4, 0.5) is 0 Å². The van der Waals surface area contributed by atoms with Crippen molar-refractivity contribution in [1.29, 1.82) is 0 Å². The van der Waals surface area contributed by atoms with Gasteiger partial charge in [-0.1, -0.05) is 43.2 Å². The third-order valence-electron chi connectivity index (χ3n) is 4.35. The summed E-state index contributed by atoms with van der Waals surface area (Å²) < 4.78 is 35.3. The van der Waals surface area contributed by atoms with E-state index >= 15 is 0 Å². The molecule has 0 aromatic heterocycles. The molecule has 6 heteroatoms. The van der Waals surface area contributed by atoms with Crippen molar-refractivity contribution >= 4 is 10.2 Å². The van der Waals surface area contributed by atoms with Crippen LogP contribution >= 0.6 is 0 Å². The molecule has 0 bridgehead atoms. The molecule has 1 unspecified atom stereocenters. The molecule has 1 saturated heterocycles. The van der Waals surface area contributed by atoms with Gasteiger partial charge in [0.15, 0.2) is 0 Å². The van der Waals surface area contributed by atoms with Gasteiger partial charge in [0.25, 0.3) is 10.2 Å². The van der Waals surface area contributed by atoms with Crippen molar-refractivity contribution in [2.45, 2.75) is 50.3 Å². The number of nitrogens with one attached hydrogen (secondary N) is 2. The highest BCUT2D eigenvalue weighted by molar-refractivity contribution is 7.87. The van der Waals surface area contributed by atoms with Crippen molar-refractivity contribution in [1.82, 2.24) is 9.44 Å². The zero-order valence-corrected chi connectivity index (χ0v) is 12.9. The molecule has 2 fully saturated rings. The van der Waals surface area contributed by atoms with E-state index in [0.717, 1.165) is 24.8 Å². The van der Waals surface area contributed by atoms with Gasteiger partial charge in [-0.15, -0.1) is 0 Å². The number of hydrogen-bond acceptors (Lipinski definition) is 3. The molecule has 0 amide bonds. The fraction of sp³-hybridized carbons (Fsp3) is 0.600. The molecule has 1 heterocycles. The van der Waals surface area contributed by atoms with Crippen LogP contribution in [0.15, 0.2) is 30.3 Å². The summed E-state index contributed by atoms with van der Waals surface area (Å²) in [7, 11) is -3.49. The van der Waals surface area contributed by atoms with Crippen LogP contribution in [0, 0.1) is 0 Å². The average Bonchev–Trinajstić information content (AvgIpc) is 3.08. The molecular formula is C15H22N2O3S. The molecule has 5 nitrogen and oxygen atoms in total. The van der Waals surface area contributed by atoms with E-state index in [0.29, 0.717) is 13.2 Å². The lowest BCUT2D eigenvalue weighted by Crippen LogP contribution is -2.43. The third kappa shape index (κ3) is 3.83. The molecule has 1 aromatic carbocycles. The number of benzene rings is 1. The summed E-state index contributed by atoms with van der Waals surface area (Å²) in [6, 6.07) is 9.38. The summed E-state index contributed by atoms with van der Waals surface area (Å²) in [5.41, 5.74) is 0.880. The summed E-state index contributed by atoms with van der Waals surface area (Å²) in [5.74, 6) is 0. The fourth-order valence-electron chi connectivity index (χ4n) is 3.32. The van der Waals surface area contributed by atoms with Gasteiger partial charge >= 0.3 is 0 Å². The summed E-state index contributed by atoms with van der Waals surface area (Å²) in [6.07, 6.45) is 5.28. The van der Waals surface area contributed by atoms with Gasteiger partial charge < -0.3 is 4.74 Å². The zero-order chi connectivity index (χ0) is 14.8. The highest BCUT2D eigenvalue weighted by Crippen LogP contribution is 2.40. The SMILES string of the molecule is O=S(=O)(NCc1ccccc1)NC1COC2(CCCC2)C1. The predicted molar refractivity (Wildman–Crippen MR) is 80.9 cm³/mol. The van der Waals surface area contributed by atoms with Crippen LogP contribution in [-0.4, -0.2) is 26.7 Å². The molecule has 116 valence electrons. The second kappa shape index (κ2) is 6.04. The lowest BCUT2D eigenvalue weighted by molar-refractivity contribution is 0.0101. The Morgan fingerprint density at radius 2 is 1.90 bits per heavy atom. The Morgan fingerprint density at radius 3 is 2.62 bits per heavy atom. The van der Waals surface area contributed by atoms with Crippen LogP contribution in [0.2, 0.25) is 0 Å². The molecule has 2 aliphatic rings. The molecule has 2 N–H and O–H groups in total. The second-order valence-corrected chi connectivity index (χ2v) is 7.56. The van der Waals surface area contributed by atoms with E-state index in [-0.39, 0.29) is 11.6 Å². The van der Waals surface area contributed by atoms with E-state index in [9.17, 15) is 8.42 Å². The minimum Gasteiger partial charge on any atom is -0.373 e. The first-order valence-electron chi connectivity index (χ1n) is 7.52. The van der Waals surface area contributed by atoms with Gasteiger partial charge in [0.1, 0.15) is 0 Å². The topological polar surface area (TPSA) is 67.4 Å². The summed E-state index contributed by atoms with van der Waals surface area (Å²) in [4.78, 5) is 0. The third-order valence-corrected chi connectivity index (χ3v) is 5.52. The lowest BCUT2D eigenvalue weighted by atomic mass is 9.97. The maximum atomic E-state index is 12.1. The van der Waals surface area contributed by atoms with Crippen molar-refractivity contribution in [2.24, 2.45) is 0 Å². The van der Waals surface area contributed by atoms with Gasteiger partial charge in [0.2, 0.25) is 0 Å². The van der Waals surface area contributed by atoms with E-state index in [1.54, 1.807) is 0 Å². The summed E-state index contributed by atoms with van der Waals surface area (Å²) >= 11 is 0. The van der Waals surface area contributed by atoms with Gasteiger partial charge in [-0.05, 0) is 24.8 Å². The molecule has 1 spiro atoms. The Morgan fingerprint density at radius 1 is 1.19 bits per heavy atom. The molecule has 1 aromatic rings. The van der Waals surface area contributed by atoms with Crippen LogP contribution < -0.4 is 9.44 Å². The Kier molecular flexibility index (Phi) is 4.31. The normalized spacial score (nSPS) is 24.7. The first-order chi connectivity index (χ1) is 10.1. The number of ether oxygens (including phenoxy) is 1. The molecule has 1 atom stereocenters. The molecule has 0 radical (unpaired) electrons. The van der Waals surface area contributed by atoms with E-state index in [1.807, 2.05) is 30.3 Å². The molecule has 21 heavy (non-hydrogen) atoms. The van der Waals surface area contributed by atoms with Crippen molar-refractivity contribution in [3.8, 4) is 0 Å². The van der Waals surface area contributed by atoms with E-state index in [2.05, 4.69) is 9.44 Å². The first-order valence-corrected chi connectivity index (χ1v) is 9.00. The Balaban J connectivity index is 1.52. The van der Waals surface area contributed by atoms with Crippen LogP contribution in [0.1, 0.15) is 37.7 Å². The van der Waals surface area contributed by atoms with Crippen LogP contribution in [0.25, 0.3) is 0 Å². The van der Waals surface area contributed by atoms with E-state index in [4.69, 9.17) is 4.74 Å². The van der Waals surface area contributed by atoms with Crippen molar-refractivity contribution in [3.63, 3.8) is 0 Å². The lowest BCUT2D eigenvalue weighted by Gasteiger charge is -2.21. The van der Waals surface area contributed by atoms with Gasteiger partial charge in [-0.25, -0.2) is 0 Å². The molecular weight excluding hydrogens is 288 g/mol. The zero-order valence-electron chi connectivity index (χ0n) is 12.0. The van der Waals surface area contributed by atoms with Crippen molar-refractivity contribution in [2.75, 3.05) is 6.61 Å². The van der Waals surface area contributed by atoms with Crippen molar-refractivity contribution in [3.05, 3.63) is 35.9 Å². The minimum absolute atomic E-state index is 0.0629. The van der Waals surface area contributed by atoms with E-state index < -0.39 is 10.2 Å². The van der Waals surface area contributed by atoms with Crippen LogP contribution in [-0.2, 0) is 21.5 Å². The second-order valence-electron chi connectivity index (χ2n) is 6.03. The standard InChI is InChI=1S/C15H22N2O3S/c18-21(19,16-11-13-6-2-1-3-7-13)17-14-10-15(20-12-14)8-4-5-9-15/h1-3,6-7,14,16-17H,4-5,8-12H2. The first kappa shape index (κ1) is 15.0. The predicted octanol–water partition coefficient (Wildman–Crippen LogP) is 1.71. The maximum absolute atomic E-state index is 12.1. The monoisotopic (exact) mass is 310 g/mol. The highest BCUT2D eigenvalue weighted by Gasteiger charge is 2.43. The Bertz CT molecular complexity index is 568. The van der Waals surface area contributed by atoms with Crippen LogP contribution in [0.5, 0.6) is 0 Å². The largest absolute Gasteiger partial charge is 0.373 e. The number of hydrogen-bond donors (Lipinski definition) is 2. The molecule has 1 saturated carbocycles. The summed E-state index contributed by atoms with van der Waals surface area (Å²) in [6.45, 7) is 0.779. The van der Waals surface area contributed by atoms with Gasteiger partial charge in [-0.2, -0.15) is 17.9 Å².